The van der Waals surface area contributed by atoms with Gasteiger partial charge in [-0.2, -0.15) is 5.10 Å². The van der Waals surface area contributed by atoms with Crippen molar-refractivity contribution in [1.29, 1.82) is 0 Å². The lowest BCUT2D eigenvalue weighted by atomic mass is 9.98. The molecule has 2 aromatic rings. The van der Waals surface area contributed by atoms with Crippen LogP contribution in [0.15, 0.2) is 18.2 Å². The standard InChI is InChI=1S/C15H19ClN4/c1-10-15(16)14(19(2)18-10)9-20-7-6-11-4-3-5-13(17)12(11)8-20/h3-5H,6-9,17H2,1-2H3. The minimum absolute atomic E-state index is 0.777. The fourth-order valence-corrected chi connectivity index (χ4v) is 3.08. The van der Waals surface area contributed by atoms with Gasteiger partial charge in [0.05, 0.1) is 16.4 Å². The number of anilines is 1. The highest BCUT2D eigenvalue weighted by Gasteiger charge is 2.21. The largest absolute Gasteiger partial charge is 0.398 e. The maximum Gasteiger partial charge on any atom is 0.0860 e. The third-order valence-electron chi connectivity index (χ3n) is 4.02. The number of aryl methyl sites for hydroxylation is 2. The summed E-state index contributed by atoms with van der Waals surface area (Å²) in [5, 5.41) is 5.15. The molecule has 0 spiro atoms. The molecule has 0 amide bonds. The molecule has 2 N–H and O–H groups in total. The van der Waals surface area contributed by atoms with Crippen molar-refractivity contribution in [3.63, 3.8) is 0 Å². The van der Waals surface area contributed by atoms with E-state index in [1.165, 1.54) is 11.1 Å². The van der Waals surface area contributed by atoms with Crippen LogP contribution in [0.5, 0.6) is 0 Å². The Morgan fingerprint density at radius 2 is 2.20 bits per heavy atom. The van der Waals surface area contributed by atoms with E-state index in [0.29, 0.717) is 0 Å². The Morgan fingerprint density at radius 1 is 1.40 bits per heavy atom. The van der Waals surface area contributed by atoms with Crippen LogP contribution in [0.4, 0.5) is 5.69 Å². The van der Waals surface area contributed by atoms with Crippen LogP contribution >= 0.6 is 11.6 Å². The first kappa shape index (κ1) is 13.5. The number of aromatic nitrogens is 2. The average molecular weight is 291 g/mol. The van der Waals surface area contributed by atoms with Gasteiger partial charge in [0.2, 0.25) is 0 Å². The highest BCUT2D eigenvalue weighted by atomic mass is 35.5. The van der Waals surface area contributed by atoms with Gasteiger partial charge >= 0.3 is 0 Å². The maximum atomic E-state index is 6.33. The van der Waals surface area contributed by atoms with Crippen molar-refractivity contribution in [1.82, 2.24) is 14.7 Å². The molecule has 1 aromatic heterocycles. The SMILES string of the molecule is Cc1nn(C)c(CN2CCc3cccc(N)c3C2)c1Cl. The number of fused-ring (bicyclic) bond motifs is 1. The van der Waals surface area contributed by atoms with Gasteiger partial charge in [-0.05, 0) is 30.5 Å². The van der Waals surface area contributed by atoms with E-state index in [1.807, 2.05) is 30.8 Å². The average Bonchev–Trinajstić information content (AvgIpc) is 2.66. The Hall–Kier alpha value is -1.52. The van der Waals surface area contributed by atoms with Crippen molar-refractivity contribution in [3.05, 3.63) is 45.7 Å². The zero-order valence-corrected chi connectivity index (χ0v) is 12.6. The van der Waals surface area contributed by atoms with Gasteiger partial charge in [0.25, 0.3) is 0 Å². The minimum Gasteiger partial charge on any atom is -0.398 e. The molecule has 1 aliphatic rings. The van der Waals surface area contributed by atoms with Crippen LogP contribution < -0.4 is 5.73 Å². The summed E-state index contributed by atoms with van der Waals surface area (Å²) in [6, 6.07) is 6.18. The molecule has 0 bridgehead atoms. The van der Waals surface area contributed by atoms with Gasteiger partial charge in [-0.25, -0.2) is 0 Å². The Morgan fingerprint density at radius 3 is 2.90 bits per heavy atom. The highest BCUT2D eigenvalue weighted by Crippen LogP contribution is 2.27. The summed E-state index contributed by atoms with van der Waals surface area (Å²) in [6.07, 6.45) is 1.04. The fraction of sp³-hybridized carbons (Fsp3) is 0.400. The van der Waals surface area contributed by atoms with Crippen molar-refractivity contribution in [3.8, 4) is 0 Å². The number of nitrogen functional groups attached to an aromatic ring is 1. The van der Waals surface area contributed by atoms with Crippen LogP contribution in [-0.2, 0) is 26.6 Å². The van der Waals surface area contributed by atoms with Crippen LogP contribution in [-0.4, -0.2) is 21.2 Å². The van der Waals surface area contributed by atoms with Crippen molar-refractivity contribution < 1.29 is 0 Å². The quantitative estimate of drug-likeness (QED) is 0.865. The first-order valence-corrected chi connectivity index (χ1v) is 7.20. The smallest absolute Gasteiger partial charge is 0.0860 e. The molecule has 1 aromatic carbocycles. The third kappa shape index (κ3) is 2.30. The summed E-state index contributed by atoms with van der Waals surface area (Å²) in [7, 11) is 1.94. The predicted octanol–water partition coefficient (Wildman–Crippen LogP) is 2.52. The van der Waals surface area contributed by atoms with Gasteiger partial charge in [0.15, 0.2) is 0 Å². The predicted molar refractivity (Wildman–Crippen MR) is 81.6 cm³/mol. The van der Waals surface area contributed by atoms with E-state index < -0.39 is 0 Å². The van der Waals surface area contributed by atoms with Crippen LogP contribution in [0.3, 0.4) is 0 Å². The van der Waals surface area contributed by atoms with Gasteiger partial charge in [-0.3, -0.25) is 9.58 Å². The molecule has 0 aliphatic carbocycles. The van der Waals surface area contributed by atoms with Gasteiger partial charge in [0, 0.05) is 32.4 Å². The van der Waals surface area contributed by atoms with Crippen LogP contribution in [0.1, 0.15) is 22.5 Å². The summed E-state index contributed by atoms with van der Waals surface area (Å²) in [4.78, 5) is 2.38. The normalized spacial score (nSPS) is 15.3. The van der Waals surface area contributed by atoms with E-state index in [9.17, 15) is 0 Å². The summed E-state index contributed by atoms with van der Waals surface area (Å²) < 4.78 is 1.88. The van der Waals surface area contributed by atoms with Crippen molar-refractivity contribution in [2.75, 3.05) is 12.3 Å². The summed E-state index contributed by atoms with van der Waals surface area (Å²) in [6.45, 7) is 4.65. The molecule has 0 unspecified atom stereocenters. The minimum atomic E-state index is 0.777. The molecule has 0 radical (unpaired) electrons. The summed E-state index contributed by atoms with van der Waals surface area (Å²) >= 11 is 6.33. The highest BCUT2D eigenvalue weighted by molar-refractivity contribution is 6.31. The zero-order chi connectivity index (χ0) is 14.3. The molecule has 0 atom stereocenters. The Kier molecular flexibility index (Phi) is 3.44. The number of halogens is 1. The Balaban J connectivity index is 1.83. The van der Waals surface area contributed by atoms with Gasteiger partial charge in [-0.1, -0.05) is 23.7 Å². The second-order valence-electron chi connectivity index (χ2n) is 5.42. The molecular formula is C15H19ClN4. The van der Waals surface area contributed by atoms with Crippen molar-refractivity contribution >= 4 is 17.3 Å². The van der Waals surface area contributed by atoms with Crippen LogP contribution in [0, 0.1) is 6.92 Å². The lowest BCUT2D eigenvalue weighted by molar-refractivity contribution is 0.240. The monoisotopic (exact) mass is 290 g/mol. The number of hydrogen-bond donors (Lipinski definition) is 1. The van der Waals surface area contributed by atoms with Gasteiger partial charge in [-0.15, -0.1) is 0 Å². The molecule has 106 valence electrons. The van der Waals surface area contributed by atoms with Crippen molar-refractivity contribution in [2.45, 2.75) is 26.4 Å². The molecule has 2 heterocycles. The third-order valence-corrected chi connectivity index (χ3v) is 4.52. The van der Waals surface area contributed by atoms with E-state index in [4.69, 9.17) is 17.3 Å². The van der Waals surface area contributed by atoms with E-state index in [-0.39, 0.29) is 0 Å². The molecule has 0 saturated heterocycles. The number of hydrogen-bond acceptors (Lipinski definition) is 3. The molecular weight excluding hydrogens is 272 g/mol. The molecule has 4 nitrogen and oxygen atoms in total. The molecule has 3 rings (SSSR count). The van der Waals surface area contributed by atoms with E-state index in [0.717, 1.165) is 48.2 Å². The molecule has 5 heteroatoms. The lowest BCUT2D eigenvalue weighted by Crippen LogP contribution is -2.31. The lowest BCUT2D eigenvalue weighted by Gasteiger charge is -2.29. The fourth-order valence-electron chi connectivity index (χ4n) is 2.86. The molecule has 0 saturated carbocycles. The first-order chi connectivity index (χ1) is 9.56. The zero-order valence-electron chi connectivity index (χ0n) is 11.9. The number of rotatable bonds is 2. The Bertz CT molecular complexity index is 648. The van der Waals surface area contributed by atoms with Gasteiger partial charge in [0.1, 0.15) is 0 Å². The van der Waals surface area contributed by atoms with E-state index in [2.05, 4.69) is 16.1 Å². The second kappa shape index (κ2) is 5.11. The topological polar surface area (TPSA) is 47.1 Å². The van der Waals surface area contributed by atoms with Crippen molar-refractivity contribution in [2.24, 2.45) is 7.05 Å². The van der Waals surface area contributed by atoms with E-state index >= 15 is 0 Å². The number of nitrogens with zero attached hydrogens (tertiary/aromatic N) is 3. The molecule has 20 heavy (non-hydrogen) atoms. The molecule has 0 fully saturated rings. The van der Waals surface area contributed by atoms with Crippen LogP contribution in [0.2, 0.25) is 5.02 Å². The van der Waals surface area contributed by atoms with Gasteiger partial charge < -0.3 is 5.73 Å². The van der Waals surface area contributed by atoms with Crippen LogP contribution in [0.25, 0.3) is 0 Å². The number of nitrogens with two attached hydrogens (primary N) is 1. The second-order valence-corrected chi connectivity index (χ2v) is 5.79. The molecule has 1 aliphatic heterocycles. The number of benzene rings is 1. The summed E-state index contributed by atoms with van der Waals surface area (Å²) in [5.74, 6) is 0. The first-order valence-electron chi connectivity index (χ1n) is 6.83. The maximum absolute atomic E-state index is 6.33. The Labute approximate surface area is 124 Å². The van der Waals surface area contributed by atoms with E-state index in [1.54, 1.807) is 0 Å². The summed E-state index contributed by atoms with van der Waals surface area (Å²) in [5.41, 5.74) is 11.6.